The predicted molar refractivity (Wildman–Crippen MR) is 128 cm³/mol. The van der Waals surface area contributed by atoms with E-state index in [4.69, 9.17) is 4.74 Å². The molecule has 1 saturated heterocycles. The first-order valence-corrected chi connectivity index (χ1v) is 11.2. The summed E-state index contributed by atoms with van der Waals surface area (Å²) in [5.41, 5.74) is 0.151. The number of rotatable bonds is 6. The summed E-state index contributed by atoms with van der Waals surface area (Å²) in [6.45, 7) is -0.366. The molecule has 10 heteroatoms. The minimum atomic E-state index is -4.70. The lowest BCUT2D eigenvalue weighted by molar-refractivity contribution is -0.141. The smallest absolute Gasteiger partial charge is 0.433 e. The molecule has 2 amide bonds. The fraction of sp³-hybridized carbons (Fsp3) is 0.192. The maximum Gasteiger partial charge on any atom is 0.433 e. The van der Waals surface area contributed by atoms with E-state index in [9.17, 15) is 23.1 Å². The second-order valence-corrected chi connectivity index (χ2v) is 8.27. The number of alkyl halides is 3. The van der Waals surface area contributed by atoms with Crippen molar-refractivity contribution in [3.63, 3.8) is 0 Å². The number of urea groups is 1. The first-order chi connectivity index (χ1) is 17.4. The van der Waals surface area contributed by atoms with Crippen LogP contribution in [0.3, 0.4) is 0 Å². The molecule has 0 radical (unpaired) electrons. The number of ether oxygens (including phenoxy) is 1. The SMILES string of the molecule is O=C1N(c2cncc3ccccc23)CC(CO)N1c1ccc(C(F)(F)F)nc1OCc1ccccc1. The van der Waals surface area contributed by atoms with Gasteiger partial charge in [0, 0.05) is 17.0 Å². The Labute approximate surface area is 204 Å². The van der Waals surface area contributed by atoms with Gasteiger partial charge in [0.2, 0.25) is 5.88 Å². The van der Waals surface area contributed by atoms with Crippen molar-refractivity contribution < 1.29 is 27.8 Å². The van der Waals surface area contributed by atoms with Crippen LogP contribution in [0.25, 0.3) is 10.8 Å². The van der Waals surface area contributed by atoms with E-state index in [-0.39, 0.29) is 24.7 Å². The van der Waals surface area contributed by atoms with Gasteiger partial charge in [-0.15, -0.1) is 0 Å². The quantitative estimate of drug-likeness (QED) is 0.407. The van der Waals surface area contributed by atoms with E-state index in [0.717, 1.165) is 28.5 Å². The Morgan fingerprint density at radius 2 is 1.72 bits per heavy atom. The molecule has 1 atom stereocenters. The lowest BCUT2D eigenvalue weighted by atomic mass is 10.1. The molecule has 1 fully saturated rings. The molecule has 7 nitrogen and oxygen atoms in total. The normalized spacial score (nSPS) is 16.1. The fourth-order valence-electron chi connectivity index (χ4n) is 4.22. The Morgan fingerprint density at radius 1 is 0.972 bits per heavy atom. The number of fused-ring (bicyclic) bond motifs is 1. The Hall–Kier alpha value is -4.18. The third-order valence-electron chi connectivity index (χ3n) is 5.95. The molecular weight excluding hydrogens is 473 g/mol. The van der Waals surface area contributed by atoms with Gasteiger partial charge < -0.3 is 9.84 Å². The first kappa shape index (κ1) is 23.6. The minimum absolute atomic E-state index is 0.0404. The van der Waals surface area contributed by atoms with Crippen LogP contribution in [0.15, 0.2) is 79.1 Å². The Morgan fingerprint density at radius 3 is 2.47 bits per heavy atom. The number of carbonyl (C=O) groups is 1. The summed E-state index contributed by atoms with van der Waals surface area (Å²) in [5, 5.41) is 11.7. The maximum atomic E-state index is 13.6. The molecule has 0 bridgehead atoms. The molecule has 2 aromatic carbocycles. The summed E-state index contributed by atoms with van der Waals surface area (Å²) < 4.78 is 46.0. The molecule has 5 rings (SSSR count). The highest BCUT2D eigenvalue weighted by atomic mass is 19.4. The summed E-state index contributed by atoms with van der Waals surface area (Å²) in [6, 6.07) is 17.0. The van der Waals surface area contributed by atoms with Crippen molar-refractivity contribution >= 4 is 28.2 Å². The highest BCUT2D eigenvalue weighted by molar-refractivity contribution is 6.11. The van der Waals surface area contributed by atoms with Crippen LogP contribution in [0.4, 0.5) is 29.3 Å². The molecule has 0 aliphatic carbocycles. The molecule has 1 unspecified atom stereocenters. The average Bonchev–Trinajstić information content (AvgIpc) is 3.22. The number of pyridine rings is 2. The van der Waals surface area contributed by atoms with Crippen LogP contribution in [0, 0.1) is 0 Å². The van der Waals surface area contributed by atoms with Crippen LogP contribution in [-0.2, 0) is 12.8 Å². The Bertz CT molecular complexity index is 1390. The van der Waals surface area contributed by atoms with Gasteiger partial charge in [0.25, 0.3) is 0 Å². The third kappa shape index (κ3) is 4.42. The van der Waals surface area contributed by atoms with E-state index in [1.165, 1.54) is 9.80 Å². The number of nitrogens with zero attached hydrogens (tertiary/aromatic N) is 4. The standard InChI is InChI=1S/C26H21F3N4O3/c27-26(28,29)23-11-10-21(24(31-23)36-16-17-6-2-1-3-7-17)33-19(15-34)14-32(25(33)35)22-13-30-12-18-8-4-5-9-20(18)22/h1-13,19,34H,14-16H2. The fourth-order valence-corrected chi connectivity index (χ4v) is 4.22. The van der Waals surface area contributed by atoms with Crippen molar-refractivity contribution in [1.82, 2.24) is 9.97 Å². The molecule has 36 heavy (non-hydrogen) atoms. The molecule has 0 saturated carbocycles. The van der Waals surface area contributed by atoms with Gasteiger partial charge in [0.15, 0.2) is 0 Å². The molecule has 184 valence electrons. The number of hydrogen-bond donors (Lipinski definition) is 1. The lowest BCUT2D eigenvalue weighted by Crippen LogP contribution is -2.37. The molecule has 1 aliphatic rings. The van der Waals surface area contributed by atoms with Gasteiger partial charge >= 0.3 is 12.2 Å². The van der Waals surface area contributed by atoms with Gasteiger partial charge in [0.05, 0.1) is 31.1 Å². The Balaban J connectivity index is 1.54. The van der Waals surface area contributed by atoms with Crippen LogP contribution >= 0.6 is 0 Å². The van der Waals surface area contributed by atoms with Crippen molar-refractivity contribution in [2.45, 2.75) is 18.8 Å². The average molecular weight is 494 g/mol. The second-order valence-electron chi connectivity index (χ2n) is 8.27. The van der Waals surface area contributed by atoms with Gasteiger partial charge in [-0.1, -0.05) is 54.6 Å². The summed E-state index contributed by atoms with van der Waals surface area (Å²) in [6.07, 6.45) is -1.47. The number of carbonyl (C=O) groups excluding carboxylic acids is 1. The van der Waals surface area contributed by atoms with E-state index < -0.39 is 30.6 Å². The zero-order valence-electron chi connectivity index (χ0n) is 18.9. The number of halogens is 3. The highest BCUT2D eigenvalue weighted by Crippen LogP contribution is 2.38. The van der Waals surface area contributed by atoms with Gasteiger partial charge in [-0.2, -0.15) is 13.2 Å². The topological polar surface area (TPSA) is 78.8 Å². The minimum Gasteiger partial charge on any atom is -0.471 e. The van der Waals surface area contributed by atoms with Crippen molar-refractivity contribution in [3.05, 3.63) is 90.4 Å². The van der Waals surface area contributed by atoms with Crippen LogP contribution < -0.4 is 14.5 Å². The predicted octanol–water partition coefficient (Wildman–Crippen LogP) is 5.04. The largest absolute Gasteiger partial charge is 0.471 e. The van der Waals surface area contributed by atoms with Crippen LogP contribution in [0.1, 0.15) is 11.3 Å². The number of hydrogen-bond acceptors (Lipinski definition) is 5. The molecule has 1 aliphatic heterocycles. The van der Waals surface area contributed by atoms with Gasteiger partial charge in [-0.25, -0.2) is 9.78 Å². The van der Waals surface area contributed by atoms with E-state index >= 15 is 0 Å². The van der Waals surface area contributed by atoms with Gasteiger partial charge in [-0.3, -0.25) is 14.8 Å². The number of aliphatic hydroxyl groups excluding tert-OH is 1. The van der Waals surface area contributed by atoms with E-state index in [1.54, 1.807) is 36.7 Å². The van der Waals surface area contributed by atoms with Gasteiger partial charge in [-0.05, 0) is 17.7 Å². The zero-order valence-corrected chi connectivity index (χ0v) is 18.9. The third-order valence-corrected chi connectivity index (χ3v) is 5.95. The second kappa shape index (κ2) is 9.46. The van der Waals surface area contributed by atoms with Gasteiger partial charge in [0.1, 0.15) is 18.0 Å². The summed E-state index contributed by atoms with van der Waals surface area (Å²) in [4.78, 5) is 24.2. The monoisotopic (exact) mass is 494 g/mol. The molecule has 1 N–H and O–H groups in total. The number of anilines is 2. The molecule has 3 heterocycles. The summed E-state index contributed by atoms with van der Waals surface area (Å²) in [5.74, 6) is -0.349. The summed E-state index contributed by atoms with van der Waals surface area (Å²) in [7, 11) is 0. The van der Waals surface area contributed by atoms with Crippen molar-refractivity contribution in [3.8, 4) is 5.88 Å². The molecular formula is C26H21F3N4O3. The lowest BCUT2D eigenvalue weighted by Gasteiger charge is -2.24. The maximum absolute atomic E-state index is 13.6. The molecule has 4 aromatic rings. The van der Waals surface area contributed by atoms with Crippen LogP contribution in [0.2, 0.25) is 0 Å². The highest BCUT2D eigenvalue weighted by Gasteiger charge is 2.42. The number of aliphatic hydroxyl groups is 1. The summed E-state index contributed by atoms with van der Waals surface area (Å²) >= 11 is 0. The van der Waals surface area contributed by atoms with E-state index in [1.807, 2.05) is 30.3 Å². The van der Waals surface area contributed by atoms with Crippen molar-refractivity contribution in [2.75, 3.05) is 23.0 Å². The number of benzene rings is 2. The van der Waals surface area contributed by atoms with E-state index in [2.05, 4.69) is 9.97 Å². The number of aromatic nitrogens is 2. The Kier molecular flexibility index (Phi) is 6.19. The van der Waals surface area contributed by atoms with Crippen LogP contribution in [-0.4, -0.2) is 40.3 Å². The van der Waals surface area contributed by atoms with Crippen molar-refractivity contribution in [2.24, 2.45) is 0 Å². The van der Waals surface area contributed by atoms with Crippen LogP contribution in [0.5, 0.6) is 5.88 Å². The molecule has 0 spiro atoms. The van der Waals surface area contributed by atoms with Crippen molar-refractivity contribution in [1.29, 1.82) is 0 Å². The molecule has 2 aromatic heterocycles. The zero-order chi connectivity index (χ0) is 25.3. The first-order valence-electron chi connectivity index (χ1n) is 11.2. The van der Waals surface area contributed by atoms with E-state index in [0.29, 0.717) is 5.69 Å². The number of amides is 2.